The molecule has 0 saturated carbocycles. The molecule has 1 aromatic rings. The summed E-state index contributed by atoms with van der Waals surface area (Å²) in [4.78, 5) is 14.1. The molecule has 0 radical (unpaired) electrons. The molecule has 1 amide bonds. The first-order valence-corrected chi connectivity index (χ1v) is 7.66. The summed E-state index contributed by atoms with van der Waals surface area (Å²) in [6.07, 6.45) is 2.27. The minimum atomic E-state index is -0.296. The quantitative estimate of drug-likeness (QED) is 0.843. The third-order valence-corrected chi connectivity index (χ3v) is 3.89. The van der Waals surface area contributed by atoms with E-state index in [0.29, 0.717) is 12.2 Å². The lowest BCUT2D eigenvalue weighted by Crippen LogP contribution is -2.41. The van der Waals surface area contributed by atoms with Gasteiger partial charge in [0.1, 0.15) is 5.82 Å². The van der Waals surface area contributed by atoms with Crippen LogP contribution in [0, 0.1) is 11.7 Å². The van der Waals surface area contributed by atoms with Gasteiger partial charge in [-0.1, -0.05) is 6.92 Å². The highest BCUT2D eigenvalue weighted by molar-refractivity contribution is 5.92. The molecule has 1 aromatic carbocycles. The Morgan fingerprint density at radius 2 is 1.91 bits per heavy atom. The highest BCUT2D eigenvalue weighted by atomic mass is 35.5. The summed E-state index contributed by atoms with van der Waals surface area (Å²) in [5, 5.41) is 6.18. The predicted molar refractivity (Wildman–Crippen MR) is 90.0 cm³/mol. The number of carbonyl (C=O) groups is 1. The van der Waals surface area contributed by atoms with E-state index in [4.69, 9.17) is 0 Å². The molecule has 1 heterocycles. The van der Waals surface area contributed by atoms with Crippen molar-refractivity contribution in [1.29, 1.82) is 0 Å². The summed E-state index contributed by atoms with van der Waals surface area (Å²) in [5.74, 6) is 0.392. The molecule has 1 aliphatic heterocycles. The van der Waals surface area contributed by atoms with Gasteiger partial charge in [0.15, 0.2) is 0 Å². The zero-order chi connectivity index (χ0) is 15.1. The summed E-state index contributed by atoms with van der Waals surface area (Å²) in [7, 11) is 0. The number of benzene rings is 1. The van der Waals surface area contributed by atoms with Crippen molar-refractivity contribution < 1.29 is 9.18 Å². The molecule has 0 spiro atoms. The maximum absolute atomic E-state index is 12.8. The van der Waals surface area contributed by atoms with E-state index < -0.39 is 0 Å². The normalized spacial score (nSPS) is 16.1. The first-order valence-electron chi connectivity index (χ1n) is 7.66. The highest BCUT2D eigenvalue weighted by Crippen LogP contribution is 2.16. The van der Waals surface area contributed by atoms with Crippen LogP contribution in [-0.4, -0.2) is 43.5 Å². The van der Waals surface area contributed by atoms with Crippen LogP contribution in [0.1, 0.15) is 19.8 Å². The number of anilines is 1. The van der Waals surface area contributed by atoms with E-state index >= 15 is 0 Å². The summed E-state index contributed by atoms with van der Waals surface area (Å²) in [5.41, 5.74) is 0.642. The number of halogens is 2. The van der Waals surface area contributed by atoms with E-state index in [-0.39, 0.29) is 24.1 Å². The Bertz CT molecular complexity index is 447. The largest absolute Gasteiger partial charge is 0.325 e. The summed E-state index contributed by atoms with van der Waals surface area (Å²) >= 11 is 0. The molecule has 2 N–H and O–H groups in total. The molecule has 0 aliphatic carbocycles. The number of amides is 1. The molecule has 1 fully saturated rings. The molecule has 6 heteroatoms. The van der Waals surface area contributed by atoms with Gasteiger partial charge in [0.05, 0.1) is 6.54 Å². The average molecular weight is 330 g/mol. The van der Waals surface area contributed by atoms with E-state index in [0.717, 1.165) is 44.9 Å². The average Bonchev–Trinajstić information content (AvgIpc) is 2.49. The second-order valence-corrected chi connectivity index (χ2v) is 5.58. The fourth-order valence-corrected chi connectivity index (χ4v) is 2.63. The van der Waals surface area contributed by atoms with Gasteiger partial charge in [-0.15, -0.1) is 12.4 Å². The molecule has 1 aliphatic rings. The van der Waals surface area contributed by atoms with Crippen molar-refractivity contribution in [3.63, 3.8) is 0 Å². The van der Waals surface area contributed by atoms with Crippen LogP contribution in [0.4, 0.5) is 10.1 Å². The van der Waals surface area contributed by atoms with Gasteiger partial charge in [0.2, 0.25) is 5.91 Å². The van der Waals surface area contributed by atoms with E-state index in [9.17, 15) is 9.18 Å². The highest BCUT2D eigenvalue weighted by Gasteiger charge is 2.20. The van der Waals surface area contributed by atoms with Gasteiger partial charge in [-0.2, -0.15) is 0 Å². The zero-order valence-corrected chi connectivity index (χ0v) is 13.8. The van der Waals surface area contributed by atoms with E-state index in [1.165, 1.54) is 12.1 Å². The number of carbonyl (C=O) groups excluding carboxylic acids is 1. The Labute approximate surface area is 137 Å². The fourth-order valence-electron chi connectivity index (χ4n) is 2.63. The number of nitrogens with zero attached hydrogens (tertiary/aromatic N) is 1. The first kappa shape index (κ1) is 18.9. The maximum atomic E-state index is 12.8. The van der Waals surface area contributed by atoms with Gasteiger partial charge in [0.25, 0.3) is 0 Å². The number of hydrogen-bond donors (Lipinski definition) is 2. The first-order chi connectivity index (χ1) is 10.2. The number of hydrogen-bond acceptors (Lipinski definition) is 3. The topological polar surface area (TPSA) is 44.4 Å². The third-order valence-electron chi connectivity index (χ3n) is 3.89. The molecule has 0 unspecified atom stereocenters. The van der Waals surface area contributed by atoms with E-state index in [2.05, 4.69) is 22.5 Å². The predicted octanol–water partition coefficient (Wildman–Crippen LogP) is 2.51. The number of rotatable bonds is 6. The number of nitrogens with one attached hydrogen (secondary N) is 2. The Morgan fingerprint density at radius 1 is 1.27 bits per heavy atom. The Kier molecular flexibility index (Phi) is 8.38. The monoisotopic (exact) mass is 329 g/mol. The molecule has 2 rings (SSSR count). The summed E-state index contributed by atoms with van der Waals surface area (Å²) in [6.45, 7) is 6.55. The van der Waals surface area contributed by atoms with Crippen molar-refractivity contribution >= 4 is 24.0 Å². The van der Waals surface area contributed by atoms with Crippen LogP contribution >= 0.6 is 12.4 Å². The molecule has 0 atom stereocenters. The molecule has 4 nitrogen and oxygen atoms in total. The Morgan fingerprint density at radius 3 is 2.50 bits per heavy atom. The van der Waals surface area contributed by atoms with Gasteiger partial charge < -0.3 is 10.6 Å². The molecule has 1 saturated heterocycles. The SMILES string of the molecule is CCNCC1CCN(CC(=O)Nc2ccc(F)cc2)CC1.Cl. The van der Waals surface area contributed by atoms with Crippen LogP contribution in [0.2, 0.25) is 0 Å². The van der Waals surface area contributed by atoms with Crippen LogP contribution in [0.5, 0.6) is 0 Å². The minimum Gasteiger partial charge on any atom is -0.325 e. The van der Waals surface area contributed by atoms with E-state index in [1.54, 1.807) is 12.1 Å². The van der Waals surface area contributed by atoms with Crippen LogP contribution in [0.3, 0.4) is 0 Å². The molecule has 0 bridgehead atoms. The summed E-state index contributed by atoms with van der Waals surface area (Å²) < 4.78 is 12.8. The molecular weight excluding hydrogens is 305 g/mol. The zero-order valence-electron chi connectivity index (χ0n) is 13.0. The Hall–Kier alpha value is -1.17. The van der Waals surface area contributed by atoms with Crippen molar-refractivity contribution in [3.05, 3.63) is 30.1 Å². The lowest BCUT2D eigenvalue weighted by atomic mass is 9.97. The standard InChI is InChI=1S/C16H24FN3O.ClH/c1-2-18-11-13-7-9-20(10-8-13)12-16(21)19-15-5-3-14(17)4-6-15;/h3-6,13,18H,2,7-12H2,1H3,(H,19,21);1H. The lowest BCUT2D eigenvalue weighted by molar-refractivity contribution is -0.117. The van der Waals surface area contributed by atoms with Crippen molar-refractivity contribution in [2.24, 2.45) is 5.92 Å². The molecule has 124 valence electrons. The van der Waals surface area contributed by atoms with Crippen molar-refractivity contribution in [2.75, 3.05) is 38.0 Å². The van der Waals surface area contributed by atoms with Crippen molar-refractivity contribution in [1.82, 2.24) is 10.2 Å². The van der Waals surface area contributed by atoms with Crippen LogP contribution < -0.4 is 10.6 Å². The van der Waals surface area contributed by atoms with Gasteiger partial charge in [-0.05, 0) is 69.2 Å². The van der Waals surface area contributed by atoms with Crippen molar-refractivity contribution in [3.8, 4) is 0 Å². The third kappa shape index (κ3) is 6.30. The van der Waals surface area contributed by atoms with Gasteiger partial charge in [-0.25, -0.2) is 4.39 Å². The number of piperidine rings is 1. The van der Waals surface area contributed by atoms with Crippen LogP contribution in [0.25, 0.3) is 0 Å². The van der Waals surface area contributed by atoms with Gasteiger partial charge >= 0.3 is 0 Å². The minimum absolute atomic E-state index is 0. The van der Waals surface area contributed by atoms with E-state index in [1.807, 2.05) is 0 Å². The second kappa shape index (κ2) is 9.77. The van der Waals surface area contributed by atoms with Gasteiger partial charge in [0, 0.05) is 5.69 Å². The van der Waals surface area contributed by atoms with Crippen LogP contribution in [0.15, 0.2) is 24.3 Å². The molecule has 0 aromatic heterocycles. The fraction of sp³-hybridized carbons (Fsp3) is 0.562. The lowest BCUT2D eigenvalue weighted by Gasteiger charge is -2.31. The van der Waals surface area contributed by atoms with Gasteiger partial charge in [-0.3, -0.25) is 9.69 Å². The van der Waals surface area contributed by atoms with Crippen molar-refractivity contribution in [2.45, 2.75) is 19.8 Å². The smallest absolute Gasteiger partial charge is 0.238 e. The number of likely N-dealkylation sites (tertiary alicyclic amines) is 1. The molecule has 22 heavy (non-hydrogen) atoms. The summed E-state index contributed by atoms with van der Waals surface area (Å²) in [6, 6.07) is 5.86. The Balaban J connectivity index is 0.00000242. The van der Waals surface area contributed by atoms with Crippen LogP contribution in [-0.2, 0) is 4.79 Å². The maximum Gasteiger partial charge on any atom is 0.238 e. The molecular formula is C16H25ClFN3O. The second-order valence-electron chi connectivity index (χ2n) is 5.58.